The summed E-state index contributed by atoms with van der Waals surface area (Å²) in [6.07, 6.45) is 13.0. The highest BCUT2D eigenvalue weighted by molar-refractivity contribution is 7.13. The molecular weight excluding hydrogens is 444 g/mol. The Morgan fingerprint density at radius 2 is 2.12 bits per heavy atom. The molecule has 5 unspecified atom stereocenters. The molecule has 3 fully saturated rings. The number of furan rings is 1. The van der Waals surface area contributed by atoms with Crippen LogP contribution in [0.3, 0.4) is 0 Å². The first kappa shape index (κ1) is 19.1. The van der Waals surface area contributed by atoms with Crippen LogP contribution in [0.15, 0.2) is 53.5 Å². The molecule has 2 saturated carbocycles. The average molecular weight is 469 g/mol. The van der Waals surface area contributed by atoms with Crippen LogP contribution in [0.2, 0.25) is 0 Å². The van der Waals surface area contributed by atoms with E-state index in [0.29, 0.717) is 23.0 Å². The van der Waals surface area contributed by atoms with E-state index >= 15 is 0 Å². The molecule has 1 saturated heterocycles. The van der Waals surface area contributed by atoms with Crippen LogP contribution in [-0.4, -0.2) is 42.7 Å². The second kappa shape index (κ2) is 6.46. The molecule has 0 radical (unpaired) electrons. The molecule has 0 bridgehead atoms. The Hall–Kier alpha value is -3.23. The summed E-state index contributed by atoms with van der Waals surface area (Å²) < 4.78 is 13.9. The number of hydrogen-bond acceptors (Lipinski definition) is 7. The summed E-state index contributed by atoms with van der Waals surface area (Å²) >= 11 is 1.48. The number of rotatable bonds is 3. The highest BCUT2D eigenvalue weighted by Crippen LogP contribution is 2.65. The van der Waals surface area contributed by atoms with Crippen LogP contribution in [0.4, 0.5) is 5.82 Å². The van der Waals surface area contributed by atoms with Gasteiger partial charge in [-0.05, 0) is 62.3 Å². The summed E-state index contributed by atoms with van der Waals surface area (Å²) in [4.78, 5) is 7.06. The van der Waals surface area contributed by atoms with Crippen LogP contribution in [0.25, 0.3) is 43.5 Å². The Labute approximate surface area is 200 Å². The van der Waals surface area contributed by atoms with Gasteiger partial charge < -0.3 is 10.2 Å². The van der Waals surface area contributed by atoms with Gasteiger partial charge in [-0.1, -0.05) is 12.1 Å². The van der Waals surface area contributed by atoms with E-state index in [0.717, 1.165) is 49.9 Å². The third-order valence-corrected chi connectivity index (χ3v) is 9.66. The van der Waals surface area contributed by atoms with E-state index in [1.54, 1.807) is 0 Å². The van der Waals surface area contributed by atoms with E-state index in [4.69, 9.17) is 15.2 Å². The van der Waals surface area contributed by atoms with Gasteiger partial charge in [0, 0.05) is 57.6 Å². The largest absolute Gasteiger partial charge is 0.452 e. The van der Waals surface area contributed by atoms with Gasteiger partial charge in [0.1, 0.15) is 5.76 Å². The highest BCUT2D eigenvalue weighted by Gasteiger charge is 2.71. The van der Waals surface area contributed by atoms with Gasteiger partial charge in [-0.2, -0.15) is 9.47 Å². The number of nitrogens with two attached hydrogens (primary N) is 1. The van der Waals surface area contributed by atoms with E-state index in [-0.39, 0.29) is 0 Å². The molecule has 1 aliphatic heterocycles. The van der Waals surface area contributed by atoms with Crippen molar-refractivity contribution in [1.82, 2.24) is 24.0 Å². The number of fused-ring (bicyclic) bond motifs is 2. The number of nitrogen functional groups attached to an aromatic ring is 1. The molecule has 5 aromatic rings. The topological polar surface area (TPSA) is 85.8 Å². The molecule has 8 heteroatoms. The zero-order chi connectivity index (χ0) is 22.6. The van der Waals surface area contributed by atoms with Crippen molar-refractivity contribution in [1.29, 1.82) is 0 Å². The predicted octanol–water partition coefficient (Wildman–Crippen LogP) is 5.35. The van der Waals surface area contributed by atoms with Crippen LogP contribution >= 0.6 is 11.5 Å². The van der Waals surface area contributed by atoms with Gasteiger partial charge in [0.05, 0.1) is 16.9 Å². The number of pyridine rings is 1. The van der Waals surface area contributed by atoms with Crippen molar-refractivity contribution in [3.63, 3.8) is 0 Å². The first-order valence-electron chi connectivity index (χ1n) is 11.9. The lowest BCUT2D eigenvalue weighted by molar-refractivity contribution is 0.116. The number of benzene rings is 1. The molecule has 3 aliphatic rings. The zero-order valence-electron chi connectivity index (χ0n) is 18.8. The molecule has 4 aromatic heterocycles. The van der Waals surface area contributed by atoms with Gasteiger partial charge in [-0.25, -0.2) is 4.98 Å². The number of likely N-dealkylation sites (tertiary alicyclic amines) is 1. The van der Waals surface area contributed by atoms with E-state index in [2.05, 4.69) is 50.4 Å². The fourth-order valence-electron chi connectivity index (χ4n) is 6.87. The van der Waals surface area contributed by atoms with Crippen LogP contribution in [-0.2, 0) is 0 Å². The number of aromatic nitrogens is 4. The van der Waals surface area contributed by atoms with Crippen molar-refractivity contribution in [3.05, 3.63) is 49.1 Å². The maximum absolute atomic E-state index is 6.27. The molecule has 2 aliphatic carbocycles. The Morgan fingerprint density at radius 1 is 1.18 bits per heavy atom. The van der Waals surface area contributed by atoms with Crippen molar-refractivity contribution in [3.8, 4) is 22.5 Å². The van der Waals surface area contributed by atoms with Crippen molar-refractivity contribution in [2.45, 2.75) is 43.3 Å². The minimum atomic E-state index is 0.402. The first-order valence-corrected chi connectivity index (χ1v) is 12.7. The van der Waals surface area contributed by atoms with Crippen molar-refractivity contribution < 1.29 is 4.42 Å². The summed E-state index contributed by atoms with van der Waals surface area (Å²) in [6, 6.07) is 9.44. The van der Waals surface area contributed by atoms with Gasteiger partial charge >= 0.3 is 0 Å². The van der Waals surface area contributed by atoms with Gasteiger partial charge in [-0.3, -0.25) is 9.58 Å². The molecule has 5 heterocycles. The highest BCUT2D eigenvalue weighted by atomic mass is 32.1. The summed E-state index contributed by atoms with van der Waals surface area (Å²) in [5, 5.41) is 6.88. The lowest BCUT2D eigenvalue weighted by atomic mass is 9.63. The lowest BCUT2D eigenvalue weighted by Gasteiger charge is -2.43. The van der Waals surface area contributed by atoms with Crippen LogP contribution < -0.4 is 5.73 Å². The summed E-state index contributed by atoms with van der Waals surface area (Å²) in [5.41, 5.74) is 10.5. The standard InChI is InChI=1S/C26H24N6OS/c1-31-22-8-17(7-16-5-6-26(16,22)31)32-13-15(10-29-32)20-12-28-25(27)23-19(20)9-21(33-23)18-4-2-3-14-11-30-34-24(14)18/h2-4,9-13,16-17,22H,5-8H2,1H3,(H2,27,28). The van der Waals surface area contributed by atoms with Crippen molar-refractivity contribution >= 4 is 38.4 Å². The Kier molecular flexibility index (Phi) is 3.63. The van der Waals surface area contributed by atoms with Crippen LogP contribution in [0.5, 0.6) is 0 Å². The second-order valence-electron chi connectivity index (χ2n) is 10.1. The third kappa shape index (κ3) is 2.37. The fraction of sp³-hybridized carbons (Fsp3) is 0.346. The fourth-order valence-corrected chi connectivity index (χ4v) is 7.63. The third-order valence-electron chi connectivity index (χ3n) is 8.81. The average Bonchev–Trinajstić information content (AvgIpc) is 3.36. The maximum atomic E-state index is 6.27. The maximum Gasteiger partial charge on any atom is 0.177 e. The molecule has 1 aromatic carbocycles. The number of nitrogens with zero attached hydrogens (tertiary/aromatic N) is 5. The Morgan fingerprint density at radius 3 is 2.97 bits per heavy atom. The smallest absolute Gasteiger partial charge is 0.177 e. The molecular formula is C26H24N6OS. The molecule has 0 amide bonds. The summed E-state index contributed by atoms with van der Waals surface area (Å²) in [7, 11) is 2.30. The van der Waals surface area contributed by atoms with Gasteiger partial charge in [0.15, 0.2) is 11.4 Å². The molecule has 170 valence electrons. The molecule has 7 nitrogen and oxygen atoms in total. The monoisotopic (exact) mass is 468 g/mol. The van der Waals surface area contributed by atoms with E-state index < -0.39 is 0 Å². The van der Waals surface area contributed by atoms with Gasteiger partial charge in [0.25, 0.3) is 0 Å². The molecule has 5 atom stereocenters. The number of likely N-dealkylation sites (N-methyl/N-ethyl adjacent to an activating group) is 1. The molecule has 34 heavy (non-hydrogen) atoms. The van der Waals surface area contributed by atoms with Crippen LogP contribution in [0.1, 0.15) is 31.7 Å². The molecule has 8 rings (SSSR count). The van der Waals surface area contributed by atoms with E-state index in [9.17, 15) is 0 Å². The van der Waals surface area contributed by atoms with Crippen LogP contribution in [0, 0.1) is 5.92 Å². The van der Waals surface area contributed by atoms with Crippen molar-refractivity contribution in [2.75, 3.05) is 12.8 Å². The molecule has 1 spiro atoms. The van der Waals surface area contributed by atoms with E-state index in [1.807, 2.05) is 24.7 Å². The SMILES string of the molecule is CN1C2CC(n3cc(-c4cnc(N)c5oc(-c6cccc7cnsc67)cc45)cn3)CC3CCC321. The summed E-state index contributed by atoms with van der Waals surface area (Å²) in [6.45, 7) is 0. The van der Waals surface area contributed by atoms with E-state index in [1.165, 1.54) is 37.2 Å². The lowest BCUT2D eigenvalue weighted by Crippen LogP contribution is -2.44. The number of anilines is 1. The minimum absolute atomic E-state index is 0.402. The predicted molar refractivity (Wildman–Crippen MR) is 134 cm³/mol. The first-order chi connectivity index (χ1) is 16.6. The summed E-state index contributed by atoms with van der Waals surface area (Å²) in [5.74, 6) is 2.01. The second-order valence-corrected chi connectivity index (χ2v) is 10.9. The quantitative estimate of drug-likeness (QED) is 0.359. The van der Waals surface area contributed by atoms with Gasteiger partial charge in [0.2, 0.25) is 0 Å². The zero-order valence-corrected chi connectivity index (χ0v) is 19.6. The Balaban J connectivity index is 1.19. The van der Waals surface area contributed by atoms with Crippen molar-refractivity contribution in [2.24, 2.45) is 5.92 Å². The normalized spacial score (nSPS) is 29.7. The Bertz CT molecular complexity index is 1590. The van der Waals surface area contributed by atoms with Gasteiger partial charge in [-0.15, -0.1) is 0 Å². The number of hydrogen-bond donors (Lipinski definition) is 1. The molecule has 2 N–H and O–H groups in total. The minimum Gasteiger partial charge on any atom is -0.452 e.